The quantitative estimate of drug-likeness (QED) is 0.752. The predicted molar refractivity (Wildman–Crippen MR) is 71.4 cm³/mol. The number of rotatable bonds is 2. The molecule has 0 aliphatic carbocycles. The molecule has 0 fully saturated rings. The van der Waals surface area contributed by atoms with Gasteiger partial charge in [-0.2, -0.15) is 5.10 Å². The number of nitrogens with zero attached hydrogens (tertiary/aromatic N) is 1. The van der Waals surface area contributed by atoms with E-state index in [1.165, 1.54) is 17.5 Å². The van der Waals surface area contributed by atoms with Gasteiger partial charge in [0, 0.05) is 0 Å². The first-order valence-electron chi connectivity index (χ1n) is 5.12. The number of nitrogens with one attached hydrogen (secondary N) is 1. The number of aromatic amines is 1. The smallest absolute Gasteiger partial charge is 0.339 e. The van der Waals surface area contributed by atoms with E-state index in [-0.39, 0.29) is 5.56 Å². The van der Waals surface area contributed by atoms with E-state index in [9.17, 15) is 4.79 Å². The molecule has 0 spiro atoms. The minimum atomic E-state index is -0.998. The van der Waals surface area contributed by atoms with Crippen LogP contribution in [0, 0.1) is 0 Å². The summed E-state index contributed by atoms with van der Waals surface area (Å²) in [6, 6.07) is 7.53. The molecule has 2 N–H and O–H groups in total. The van der Waals surface area contributed by atoms with Gasteiger partial charge in [-0.3, -0.25) is 5.10 Å². The monoisotopic (exact) mass is 278 g/mol. The highest BCUT2D eigenvalue weighted by atomic mass is 35.5. The van der Waals surface area contributed by atoms with E-state index in [2.05, 4.69) is 10.2 Å². The van der Waals surface area contributed by atoms with Crippen molar-refractivity contribution >= 4 is 39.0 Å². The number of carboxylic acids is 1. The number of hydrogen-bond acceptors (Lipinski definition) is 3. The van der Waals surface area contributed by atoms with Crippen molar-refractivity contribution in [3.05, 3.63) is 41.0 Å². The Morgan fingerprint density at radius 2 is 2.28 bits per heavy atom. The van der Waals surface area contributed by atoms with Crippen LogP contribution < -0.4 is 0 Å². The van der Waals surface area contributed by atoms with Gasteiger partial charge in [-0.15, -0.1) is 11.3 Å². The molecule has 0 atom stereocenters. The summed E-state index contributed by atoms with van der Waals surface area (Å²) in [6.07, 6.45) is 1.31. The SMILES string of the molecule is O=C(O)c1cn[nH]c1-c1cc2cccc(Cl)c2s1. The number of H-pyrrole nitrogens is 1. The number of benzene rings is 1. The fourth-order valence-electron chi connectivity index (χ4n) is 1.79. The molecular formula is C12H7ClN2O2S. The first kappa shape index (κ1) is 11.3. The van der Waals surface area contributed by atoms with Crippen molar-refractivity contribution < 1.29 is 9.90 Å². The normalized spacial score (nSPS) is 10.9. The first-order valence-corrected chi connectivity index (χ1v) is 6.31. The second-order valence-electron chi connectivity index (χ2n) is 3.73. The lowest BCUT2D eigenvalue weighted by molar-refractivity contribution is 0.0698. The van der Waals surface area contributed by atoms with Gasteiger partial charge in [-0.1, -0.05) is 23.7 Å². The summed E-state index contributed by atoms with van der Waals surface area (Å²) in [5.74, 6) is -0.998. The third-order valence-electron chi connectivity index (χ3n) is 2.61. The van der Waals surface area contributed by atoms with Crippen LogP contribution >= 0.6 is 22.9 Å². The van der Waals surface area contributed by atoms with Crippen LogP contribution in [-0.4, -0.2) is 21.3 Å². The van der Waals surface area contributed by atoms with Gasteiger partial charge >= 0.3 is 5.97 Å². The Balaban J connectivity index is 2.23. The molecule has 1 aromatic carbocycles. The zero-order valence-corrected chi connectivity index (χ0v) is 10.5. The van der Waals surface area contributed by atoms with Crippen molar-refractivity contribution in [1.82, 2.24) is 10.2 Å². The molecule has 0 saturated carbocycles. The molecule has 2 heterocycles. The van der Waals surface area contributed by atoms with Crippen molar-refractivity contribution in [2.45, 2.75) is 0 Å². The molecule has 0 unspecified atom stereocenters. The van der Waals surface area contributed by atoms with Crippen LogP contribution in [0.1, 0.15) is 10.4 Å². The fourth-order valence-corrected chi connectivity index (χ4v) is 3.16. The average Bonchev–Trinajstić information content (AvgIpc) is 2.95. The summed E-state index contributed by atoms with van der Waals surface area (Å²) in [5, 5.41) is 17.2. The maximum atomic E-state index is 11.1. The molecule has 0 aliphatic rings. The number of carboxylic acid groups (broad SMARTS) is 1. The number of aromatic carboxylic acids is 1. The average molecular weight is 279 g/mol. The Kier molecular flexibility index (Phi) is 2.57. The van der Waals surface area contributed by atoms with Crippen LogP contribution in [0.5, 0.6) is 0 Å². The van der Waals surface area contributed by atoms with E-state index in [0.717, 1.165) is 15.0 Å². The molecule has 0 saturated heterocycles. The number of halogens is 1. The number of thiophene rings is 1. The van der Waals surface area contributed by atoms with Crippen molar-refractivity contribution in [2.24, 2.45) is 0 Å². The van der Waals surface area contributed by atoms with Gasteiger partial charge in [0.15, 0.2) is 0 Å². The molecule has 18 heavy (non-hydrogen) atoms. The van der Waals surface area contributed by atoms with E-state index in [0.29, 0.717) is 10.7 Å². The van der Waals surface area contributed by atoms with Crippen molar-refractivity contribution in [3.8, 4) is 10.6 Å². The number of aromatic nitrogens is 2. The Labute approximate surface area is 111 Å². The van der Waals surface area contributed by atoms with Gasteiger partial charge in [-0.05, 0) is 17.5 Å². The van der Waals surface area contributed by atoms with Crippen LogP contribution in [0.25, 0.3) is 20.7 Å². The summed E-state index contributed by atoms with van der Waals surface area (Å²) in [5.41, 5.74) is 0.678. The van der Waals surface area contributed by atoms with E-state index < -0.39 is 5.97 Å². The number of fused-ring (bicyclic) bond motifs is 1. The van der Waals surface area contributed by atoms with Gasteiger partial charge in [-0.25, -0.2) is 4.79 Å². The minimum Gasteiger partial charge on any atom is -0.478 e. The molecule has 90 valence electrons. The molecule has 3 aromatic rings. The first-order chi connectivity index (χ1) is 8.66. The zero-order chi connectivity index (χ0) is 12.7. The highest BCUT2D eigenvalue weighted by molar-refractivity contribution is 7.22. The Morgan fingerprint density at radius 3 is 3.00 bits per heavy atom. The highest BCUT2D eigenvalue weighted by Gasteiger charge is 2.16. The second kappa shape index (κ2) is 4.12. The van der Waals surface area contributed by atoms with Gasteiger partial charge in [0.1, 0.15) is 5.56 Å². The topological polar surface area (TPSA) is 66.0 Å². The van der Waals surface area contributed by atoms with Crippen LogP contribution in [0.4, 0.5) is 0 Å². The predicted octanol–water partition coefficient (Wildman–Crippen LogP) is 3.64. The molecule has 2 aromatic heterocycles. The standard InChI is InChI=1S/C12H7ClN2O2S/c13-8-3-1-2-6-4-9(18-11(6)8)10-7(12(16)17)5-14-15-10/h1-5H,(H,14,15)(H,16,17). The van der Waals surface area contributed by atoms with Gasteiger partial charge in [0.2, 0.25) is 0 Å². The molecule has 0 aliphatic heterocycles. The zero-order valence-electron chi connectivity index (χ0n) is 8.98. The van der Waals surface area contributed by atoms with Gasteiger partial charge in [0.05, 0.1) is 26.5 Å². The number of hydrogen-bond donors (Lipinski definition) is 2. The van der Waals surface area contributed by atoms with E-state index in [1.54, 1.807) is 0 Å². The summed E-state index contributed by atoms with van der Waals surface area (Å²) < 4.78 is 0.945. The molecule has 0 amide bonds. The van der Waals surface area contributed by atoms with Crippen LogP contribution in [0.3, 0.4) is 0 Å². The van der Waals surface area contributed by atoms with Crippen LogP contribution in [-0.2, 0) is 0 Å². The molecule has 0 bridgehead atoms. The lowest BCUT2D eigenvalue weighted by Crippen LogP contribution is -1.95. The van der Waals surface area contributed by atoms with Crippen LogP contribution in [0.2, 0.25) is 5.02 Å². The summed E-state index contributed by atoms with van der Waals surface area (Å²) in [7, 11) is 0. The highest BCUT2D eigenvalue weighted by Crippen LogP contribution is 2.37. The third kappa shape index (κ3) is 1.68. The maximum absolute atomic E-state index is 11.1. The van der Waals surface area contributed by atoms with Crippen molar-refractivity contribution in [2.75, 3.05) is 0 Å². The summed E-state index contributed by atoms with van der Waals surface area (Å²) >= 11 is 7.55. The van der Waals surface area contributed by atoms with Crippen LogP contribution in [0.15, 0.2) is 30.5 Å². The maximum Gasteiger partial charge on any atom is 0.339 e. The fraction of sp³-hybridized carbons (Fsp3) is 0. The molecular weight excluding hydrogens is 272 g/mol. The second-order valence-corrected chi connectivity index (χ2v) is 5.19. The molecule has 6 heteroatoms. The summed E-state index contributed by atoms with van der Waals surface area (Å²) in [4.78, 5) is 11.9. The van der Waals surface area contributed by atoms with E-state index >= 15 is 0 Å². The Bertz CT molecular complexity index is 747. The number of carbonyl (C=O) groups is 1. The third-order valence-corrected chi connectivity index (χ3v) is 4.24. The largest absolute Gasteiger partial charge is 0.478 e. The van der Waals surface area contributed by atoms with Gasteiger partial charge in [0.25, 0.3) is 0 Å². The lowest BCUT2D eigenvalue weighted by atomic mass is 10.2. The lowest BCUT2D eigenvalue weighted by Gasteiger charge is -1.93. The van der Waals surface area contributed by atoms with Crippen molar-refractivity contribution in [3.63, 3.8) is 0 Å². The Hall–Kier alpha value is -1.85. The Morgan fingerprint density at radius 1 is 1.44 bits per heavy atom. The molecule has 0 radical (unpaired) electrons. The summed E-state index contributed by atoms with van der Waals surface area (Å²) in [6.45, 7) is 0. The van der Waals surface area contributed by atoms with E-state index in [1.807, 2.05) is 24.3 Å². The molecule has 3 rings (SSSR count). The van der Waals surface area contributed by atoms with Crippen molar-refractivity contribution in [1.29, 1.82) is 0 Å². The minimum absolute atomic E-state index is 0.165. The van der Waals surface area contributed by atoms with E-state index in [4.69, 9.17) is 16.7 Å². The molecule has 4 nitrogen and oxygen atoms in total. The van der Waals surface area contributed by atoms with Gasteiger partial charge < -0.3 is 5.11 Å².